The van der Waals surface area contributed by atoms with E-state index in [-0.39, 0.29) is 24.1 Å². The summed E-state index contributed by atoms with van der Waals surface area (Å²) >= 11 is 0. The summed E-state index contributed by atoms with van der Waals surface area (Å²) in [5.74, 6) is -0.208. The van der Waals surface area contributed by atoms with Crippen molar-refractivity contribution in [3.63, 3.8) is 0 Å². The molecular formula is C16H24N4O3. The molecular weight excluding hydrogens is 296 g/mol. The third kappa shape index (κ3) is 4.31. The second kappa shape index (κ2) is 7.59. The van der Waals surface area contributed by atoms with Crippen molar-refractivity contribution in [2.75, 3.05) is 31.1 Å². The van der Waals surface area contributed by atoms with E-state index >= 15 is 0 Å². The Morgan fingerprint density at radius 3 is 2.83 bits per heavy atom. The molecule has 0 bridgehead atoms. The van der Waals surface area contributed by atoms with Gasteiger partial charge in [-0.2, -0.15) is 5.10 Å². The van der Waals surface area contributed by atoms with E-state index in [1.54, 1.807) is 12.3 Å². The van der Waals surface area contributed by atoms with Crippen molar-refractivity contribution >= 4 is 11.6 Å². The lowest BCUT2D eigenvalue weighted by molar-refractivity contribution is -0.122. The number of carbonyl (C=O) groups is 1. The van der Waals surface area contributed by atoms with Gasteiger partial charge in [-0.25, -0.2) is 4.68 Å². The number of rotatable bonds is 5. The fourth-order valence-corrected chi connectivity index (χ4v) is 3.09. The number of ether oxygens (including phenoxy) is 1. The molecule has 126 valence electrons. The summed E-state index contributed by atoms with van der Waals surface area (Å²) in [6, 6.07) is 1.58. The fraction of sp³-hybridized carbons (Fsp3) is 0.688. The van der Waals surface area contributed by atoms with Crippen LogP contribution in [0.1, 0.15) is 32.1 Å². The zero-order valence-corrected chi connectivity index (χ0v) is 13.4. The van der Waals surface area contributed by atoms with Crippen LogP contribution in [0.5, 0.6) is 0 Å². The van der Waals surface area contributed by atoms with Crippen molar-refractivity contribution < 1.29 is 9.53 Å². The first-order chi connectivity index (χ1) is 11.2. The number of carbonyl (C=O) groups excluding carboxylic acids is 1. The Kier molecular flexibility index (Phi) is 5.27. The van der Waals surface area contributed by atoms with Gasteiger partial charge in [0.15, 0.2) is 0 Å². The summed E-state index contributed by atoms with van der Waals surface area (Å²) in [7, 11) is 0. The van der Waals surface area contributed by atoms with Crippen molar-refractivity contribution in [1.29, 1.82) is 0 Å². The molecule has 3 heterocycles. The molecule has 2 aliphatic heterocycles. The minimum Gasteiger partial charge on any atom is -0.376 e. The van der Waals surface area contributed by atoms with Crippen LogP contribution in [0, 0.1) is 0 Å². The van der Waals surface area contributed by atoms with Crippen LogP contribution in [0.15, 0.2) is 17.1 Å². The lowest BCUT2D eigenvalue weighted by Crippen LogP contribution is -2.38. The predicted octanol–water partition coefficient (Wildman–Crippen LogP) is 0.529. The van der Waals surface area contributed by atoms with E-state index in [9.17, 15) is 9.59 Å². The SMILES string of the molecule is O=C(Cn1ncc(N2CCCCC2)cc1=O)NC[C@H]1CCCO1. The molecule has 0 unspecified atom stereocenters. The van der Waals surface area contributed by atoms with Gasteiger partial charge in [-0.15, -0.1) is 0 Å². The van der Waals surface area contributed by atoms with Gasteiger partial charge in [-0.1, -0.05) is 0 Å². The Bertz CT molecular complexity index is 589. The molecule has 0 aromatic carbocycles. The number of aromatic nitrogens is 2. The van der Waals surface area contributed by atoms with Crippen LogP contribution in [0.4, 0.5) is 5.69 Å². The third-order valence-corrected chi connectivity index (χ3v) is 4.42. The van der Waals surface area contributed by atoms with E-state index in [1.807, 2.05) is 0 Å². The maximum Gasteiger partial charge on any atom is 0.269 e. The Labute approximate surface area is 135 Å². The zero-order valence-electron chi connectivity index (χ0n) is 13.4. The maximum atomic E-state index is 12.1. The van der Waals surface area contributed by atoms with Crippen LogP contribution in [-0.2, 0) is 16.1 Å². The van der Waals surface area contributed by atoms with Gasteiger partial charge in [-0.3, -0.25) is 9.59 Å². The van der Waals surface area contributed by atoms with E-state index in [1.165, 1.54) is 11.1 Å². The standard InChI is InChI=1S/C16H24N4O3/c21-15(17-11-14-5-4-8-23-14)12-20-16(22)9-13(10-18-20)19-6-2-1-3-7-19/h9-10,14H,1-8,11-12H2,(H,17,21)/t14-/m1/s1. The van der Waals surface area contributed by atoms with Crippen LogP contribution in [-0.4, -0.2) is 48.0 Å². The van der Waals surface area contributed by atoms with E-state index in [0.717, 1.165) is 51.1 Å². The summed E-state index contributed by atoms with van der Waals surface area (Å²) in [6.45, 7) is 3.14. The Balaban J connectivity index is 1.55. The Hall–Kier alpha value is -1.89. The topological polar surface area (TPSA) is 76.5 Å². The third-order valence-electron chi connectivity index (χ3n) is 4.42. The van der Waals surface area contributed by atoms with Crippen LogP contribution in [0.25, 0.3) is 0 Å². The Morgan fingerprint density at radius 1 is 1.30 bits per heavy atom. The summed E-state index contributed by atoms with van der Waals surface area (Å²) in [6.07, 6.45) is 7.34. The number of nitrogens with zero attached hydrogens (tertiary/aromatic N) is 3. The minimum atomic E-state index is -0.236. The molecule has 3 rings (SSSR count). The van der Waals surface area contributed by atoms with Crippen LogP contribution in [0.3, 0.4) is 0 Å². The van der Waals surface area contributed by atoms with Gasteiger partial charge >= 0.3 is 0 Å². The van der Waals surface area contributed by atoms with Crippen LogP contribution < -0.4 is 15.8 Å². The largest absolute Gasteiger partial charge is 0.376 e. The molecule has 7 heteroatoms. The molecule has 1 aromatic rings. The highest BCUT2D eigenvalue weighted by Crippen LogP contribution is 2.16. The van der Waals surface area contributed by atoms with Crippen molar-refractivity contribution in [3.05, 3.63) is 22.6 Å². The highest BCUT2D eigenvalue weighted by atomic mass is 16.5. The van der Waals surface area contributed by atoms with Gasteiger partial charge in [0, 0.05) is 32.3 Å². The molecule has 1 N–H and O–H groups in total. The smallest absolute Gasteiger partial charge is 0.269 e. The molecule has 1 aromatic heterocycles. The molecule has 0 aliphatic carbocycles. The monoisotopic (exact) mass is 320 g/mol. The first-order valence-electron chi connectivity index (χ1n) is 8.43. The first-order valence-corrected chi connectivity index (χ1v) is 8.43. The summed E-state index contributed by atoms with van der Waals surface area (Å²) in [4.78, 5) is 26.3. The molecule has 0 saturated carbocycles. The van der Waals surface area contributed by atoms with Gasteiger partial charge in [-0.05, 0) is 32.1 Å². The second-order valence-corrected chi connectivity index (χ2v) is 6.20. The summed E-state index contributed by atoms with van der Waals surface area (Å²) < 4.78 is 6.66. The average molecular weight is 320 g/mol. The highest BCUT2D eigenvalue weighted by Gasteiger charge is 2.17. The second-order valence-electron chi connectivity index (χ2n) is 6.20. The molecule has 2 aliphatic rings. The van der Waals surface area contributed by atoms with Crippen molar-refractivity contribution in [2.45, 2.75) is 44.8 Å². The number of amides is 1. The quantitative estimate of drug-likeness (QED) is 0.856. The van der Waals surface area contributed by atoms with E-state index < -0.39 is 0 Å². The highest BCUT2D eigenvalue weighted by molar-refractivity contribution is 5.75. The maximum absolute atomic E-state index is 12.1. The van der Waals surface area contributed by atoms with Gasteiger partial charge in [0.25, 0.3) is 5.56 Å². The van der Waals surface area contributed by atoms with Crippen molar-refractivity contribution in [2.24, 2.45) is 0 Å². The van der Waals surface area contributed by atoms with Gasteiger partial charge in [0.1, 0.15) is 6.54 Å². The molecule has 7 nitrogen and oxygen atoms in total. The number of hydrogen-bond donors (Lipinski definition) is 1. The average Bonchev–Trinajstić information content (AvgIpc) is 3.09. The van der Waals surface area contributed by atoms with Gasteiger partial charge in [0.2, 0.25) is 5.91 Å². The van der Waals surface area contributed by atoms with E-state index in [4.69, 9.17) is 4.74 Å². The number of hydrogen-bond acceptors (Lipinski definition) is 5. The lowest BCUT2D eigenvalue weighted by atomic mass is 10.1. The molecule has 1 amide bonds. The van der Waals surface area contributed by atoms with Crippen LogP contribution >= 0.6 is 0 Å². The van der Waals surface area contributed by atoms with Crippen molar-refractivity contribution in [3.8, 4) is 0 Å². The molecule has 2 saturated heterocycles. The zero-order chi connectivity index (χ0) is 16.1. The minimum absolute atomic E-state index is 0.0498. The summed E-state index contributed by atoms with van der Waals surface area (Å²) in [5.41, 5.74) is 0.617. The summed E-state index contributed by atoms with van der Waals surface area (Å²) in [5, 5.41) is 6.95. The normalized spacial score (nSPS) is 21.4. The molecule has 1 atom stereocenters. The van der Waals surface area contributed by atoms with Gasteiger partial charge in [0.05, 0.1) is 18.0 Å². The lowest BCUT2D eigenvalue weighted by Gasteiger charge is -2.28. The number of piperidine rings is 1. The van der Waals surface area contributed by atoms with E-state index in [2.05, 4.69) is 15.3 Å². The molecule has 23 heavy (non-hydrogen) atoms. The molecule has 0 radical (unpaired) electrons. The Morgan fingerprint density at radius 2 is 2.13 bits per heavy atom. The number of anilines is 1. The van der Waals surface area contributed by atoms with Gasteiger partial charge < -0.3 is 15.0 Å². The molecule has 2 fully saturated rings. The fourth-order valence-electron chi connectivity index (χ4n) is 3.09. The van der Waals surface area contributed by atoms with Crippen LogP contribution in [0.2, 0.25) is 0 Å². The van der Waals surface area contributed by atoms with E-state index in [0.29, 0.717) is 6.54 Å². The molecule has 0 spiro atoms. The number of nitrogens with one attached hydrogen (secondary N) is 1. The first kappa shape index (κ1) is 16.0. The van der Waals surface area contributed by atoms with Crippen molar-refractivity contribution in [1.82, 2.24) is 15.1 Å². The predicted molar refractivity (Wildman–Crippen MR) is 86.5 cm³/mol.